The Labute approximate surface area is 218 Å². The van der Waals surface area contributed by atoms with Crippen molar-refractivity contribution in [1.29, 1.82) is 0 Å². The van der Waals surface area contributed by atoms with E-state index in [0.29, 0.717) is 21.5 Å². The van der Waals surface area contributed by atoms with E-state index >= 15 is 0 Å². The van der Waals surface area contributed by atoms with Crippen LogP contribution in [0.3, 0.4) is 0 Å². The number of nitrogens with one attached hydrogen (secondary N) is 3. The van der Waals surface area contributed by atoms with Crippen molar-refractivity contribution < 1.29 is 42.6 Å². The molecule has 2 amide bonds. The first-order valence-electron chi connectivity index (χ1n) is 10.5. The maximum absolute atomic E-state index is 13.9. The molecule has 200 valence electrons. The molecular weight excluding hydrogens is 563 g/mol. The Bertz CT molecular complexity index is 1590. The van der Waals surface area contributed by atoms with E-state index in [2.05, 4.69) is 25.9 Å². The van der Waals surface area contributed by atoms with E-state index in [4.69, 9.17) is 4.74 Å². The quantitative estimate of drug-likeness (QED) is 0.146. The molecular formula is C21H20FN5O8P2S. The van der Waals surface area contributed by atoms with Crippen molar-refractivity contribution in [2.45, 2.75) is 5.52 Å². The first-order valence-corrected chi connectivity index (χ1v) is 14.7. The number of aromatic nitrogens is 2. The van der Waals surface area contributed by atoms with Crippen LogP contribution < -0.4 is 20.7 Å². The smallest absolute Gasteiger partial charge is 0.360 e. The molecule has 0 saturated heterocycles. The van der Waals surface area contributed by atoms with E-state index in [9.17, 15) is 37.9 Å². The maximum Gasteiger partial charge on any atom is 0.360 e. The number of rotatable bonds is 8. The molecule has 0 spiro atoms. The number of benzene rings is 2. The van der Waals surface area contributed by atoms with Gasteiger partial charge < -0.3 is 40.3 Å². The van der Waals surface area contributed by atoms with Gasteiger partial charge in [0.1, 0.15) is 10.6 Å². The molecule has 13 nitrogen and oxygen atoms in total. The summed E-state index contributed by atoms with van der Waals surface area (Å²) < 4.78 is 42.3. The lowest BCUT2D eigenvalue weighted by molar-refractivity contribution is 0.262. The number of methoxy groups -OCH3 is 1. The summed E-state index contributed by atoms with van der Waals surface area (Å²) in [5.74, 6) is -0.773. The molecule has 0 saturated carbocycles. The number of hydrogen-bond acceptors (Lipinski definition) is 8. The second-order valence-corrected chi connectivity index (χ2v) is 12.4. The molecule has 4 aromatic rings. The fourth-order valence-electron chi connectivity index (χ4n) is 3.35. The van der Waals surface area contributed by atoms with E-state index in [1.807, 2.05) is 0 Å². The molecule has 2 aromatic heterocycles. The summed E-state index contributed by atoms with van der Waals surface area (Å²) in [6.45, 7) is 0. The minimum atomic E-state index is -5.29. The number of carbonyl (C=O) groups excluding carboxylic acids is 1. The van der Waals surface area contributed by atoms with Gasteiger partial charge in [0.05, 0.1) is 12.5 Å². The summed E-state index contributed by atoms with van der Waals surface area (Å²) in [6.07, 6.45) is 0. The van der Waals surface area contributed by atoms with Gasteiger partial charge in [-0.25, -0.2) is 19.2 Å². The molecule has 4 rings (SSSR count). The van der Waals surface area contributed by atoms with E-state index in [-0.39, 0.29) is 23.1 Å². The summed E-state index contributed by atoms with van der Waals surface area (Å²) in [6, 6.07) is 11.0. The predicted molar refractivity (Wildman–Crippen MR) is 140 cm³/mol. The number of halogens is 1. The molecule has 2 aromatic carbocycles. The number of fused-ring (bicyclic) bond motifs is 1. The standard InChI is InChI=1S/C21H20FN5O8P2S/c1-35-16-6-5-13(10-15(16)22)24-20(28)23-12-4-2-3-11(9-12)17-25-18(14-7-8-38-19(14)26-17)27-21(36(29,30)31)37(32,33)34/h2-10,21H,1H3,(H2,23,24,28)(H,25,26,27)(H2,29,30,31)(H2,32,33,34). The lowest BCUT2D eigenvalue weighted by atomic mass is 10.2. The van der Waals surface area contributed by atoms with Gasteiger partial charge in [-0.1, -0.05) is 12.1 Å². The van der Waals surface area contributed by atoms with Gasteiger partial charge in [-0.3, -0.25) is 9.13 Å². The minimum Gasteiger partial charge on any atom is -0.494 e. The Balaban J connectivity index is 1.61. The number of anilines is 3. The molecule has 0 radical (unpaired) electrons. The summed E-state index contributed by atoms with van der Waals surface area (Å²) in [5.41, 5.74) is -1.65. The van der Waals surface area contributed by atoms with Crippen LogP contribution >= 0.6 is 26.5 Å². The average molecular weight is 583 g/mol. The Hall–Kier alpha value is -3.42. The van der Waals surface area contributed by atoms with Crippen molar-refractivity contribution in [2.24, 2.45) is 0 Å². The molecule has 2 heterocycles. The Kier molecular flexibility index (Phi) is 7.81. The first kappa shape index (κ1) is 27.6. The van der Waals surface area contributed by atoms with Gasteiger partial charge in [0, 0.05) is 23.0 Å². The van der Waals surface area contributed by atoms with Gasteiger partial charge >= 0.3 is 21.2 Å². The normalized spacial score (nSPS) is 12.0. The second kappa shape index (κ2) is 10.8. The van der Waals surface area contributed by atoms with Gasteiger partial charge in [0.2, 0.25) is 5.52 Å². The van der Waals surface area contributed by atoms with Crippen LogP contribution in [0, 0.1) is 5.82 Å². The summed E-state index contributed by atoms with van der Waals surface area (Å²) in [7, 11) is -9.25. The predicted octanol–water partition coefficient (Wildman–Crippen LogP) is 4.20. The number of ether oxygens (including phenoxy) is 1. The van der Waals surface area contributed by atoms with E-state index in [1.54, 1.807) is 23.6 Å². The second-order valence-electron chi connectivity index (χ2n) is 7.74. The monoisotopic (exact) mass is 583 g/mol. The van der Waals surface area contributed by atoms with Crippen molar-refractivity contribution in [3.63, 3.8) is 0 Å². The Morgan fingerprint density at radius 1 is 1.00 bits per heavy atom. The maximum atomic E-state index is 13.9. The third-order valence-electron chi connectivity index (χ3n) is 5.02. The highest BCUT2D eigenvalue weighted by Crippen LogP contribution is 2.59. The topological polar surface area (TPSA) is 203 Å². The van der Waals surface area contributed by atoms with E-state index < -0.39 is 32.6 Å². The highest BCUT2D eigenvalue weighted by molar-refractivity contribution is 7.71. The third-order valence-corrected chi connectivity index (χ3v) is 9.16. The molecule has 0 atom stereocenters. The highest BCUT2D eigenvalue weighted by atomic mass is 32.1. The van der Waals surface area contributed by atoms with Gasteiger partial charge in [-0.2, -0.15) is 0 Å². The van der Waals surface area contributed by atoms with Crippen molar-refractivity contribution in [3.8, 4) is 17.1 Å². The SMILES string of the molecule is COc1ccc(NC(=O)Nc2cccc(-c3nc(NC(P(=O)(O)O)P(=O)(O)O)c4ccsc4n3)c2)cc1F. The summed E-state index contributed by atoms with van der Waals surface area (Å²) in [4.78, 5) is 59.4. The number of carbonyl (C=O) groups is 1. The Morgan fingerprint density at radius 3 is 2.32 bits per heavy atom. The van der Waals surface area contributed by atoms with Crippen LogP contribution in [0.25, 0.3) is 21.6 Å². The van der Waals surface area contributed by atoms with Crippen molar-refractivity contribution in [3.05, 3.63) is 59.7 Å². The van der Waals surface area contributed by atoms with Crippen LogP contribution in [-0.4, -0.2) is 48.2 Å². The van der Waals surface area contributed by atoms with Crippen LogP contribution in [0.2, 0.25) is 0 Å². The molecule has 0 fully saturated rings. The first-order chi connectivity index (χ1) is 17.8. The number of nitrogens with zero attached hydrogens (tertiary/aromatic N) is 2. The molecule has 7 N–H and O–H groups in total. The largest absolute Gasteiger partial charge is 0.494 e. The third kappa shape index (κ3) is 6.34. The van der Waals surface area contributed by atoms with Crippen molar-refractivity contribution in [1.82, 2.24) is 9.97 Å². The fraction of sp³-hybridized carbons (Fsp3) is 0.0952. The number of hydrogen-bond donors (Lipinski definition) is 7. The fourth-order valence-corrected chi connectivity index (χ4v) is 6.27. The molecule has 17 heteroatoms. The van der Waals surface area contributed by atoms with Gasteiger partial charge in [-0.05, 0) is 35.7 Å². The number of thiophene rings is 1. The lowest BCUT2D eigenvalue weighted by Crippen LogP contribution is -2.21. The molecule has 0 aliphatic heterocycles. The van der Waals surface area contributed by atoms with Gasteiger partial charge in [-0.15, -0.1) is 11.3 Å². The zero-order valence-corrected chi connectivity index (χ0v) is 21.9. The molecule has 0 unspecified atom stereocenters. The lowest BCUT2D eigenvalue weighted by Gasteiger charge is -2.21. The molecule has 38 heavy (non-hydrogen) atoms. The Morgan fingerprint density at radius 2 is 1.68 bits per heavy atom. The zero-order valence-electron chi connectivity index (χ0n) is 19.3. The van der Waals surface area contributed by atoms with Crippen LogP contribution in [0.15, 0.2) is 53.9 Å². The average Bonchev–Trinajstić information content (AvgIpc) is 3.30. The van der Waals surface area contributed by atoms with E-state index in [0.717, 1.165) is 6.07 Å². The van der Waals surface area contributed by atoms with Gasteiger partial charge in [0.15, 0.2) is 17.4 Å². The molecule has 0 aliphatic carbocycles. The van der Waals surface area contributed by atoms with E-state index in [1.165, 1.54) is 42.7 Å². The highest BCUT2D eigenvalue weighted by Gasteiger charge is 2.44. The minimum absolute atomic E-state index is 0.0214. The summed E-state index contributed by atoms with van der Waals surface area (Å²) in [5, 5.41) is 9.20. The zero-order chi connectivity index (χ0) is 27.7. The molecule has 0 bridgehead atoms. The van der Waals surface area contributed by atoms with Crippen molar-refractivity contribution in [2.75, 3.05) is 23.1 Å². The van der Waals surface area contributed by atoms with Gasteiger partial charge in [0.25, 0.3) is 0 Å². The molecule has 0 aliphatic rings. The van der Waals surface area contributed by atoms with Crippen LogP contribution in [-0.2, 0) is 9.13 Å². The number of amides is 2. The number of urea groups is 1. The van der Waals surface area contributed by atoms with Crippen molar-refractivity contribution >= 4 is 60.0 Å². The van der Waals surface area contributed by atoms with Crippen LogP contribution in [0.1, 0.15) is 0 Å². The summed E-state index contributed by atoms with van der Waals surface area (Å²) >= 11 is 1.17. The van der Waals surface area contributed by atoms with Crippen LogP contribution in [0.4, 0.5) is 26.4 Å². The van der Waals surface area contributed by atoms with Crippen LogP contribution in [0.5, 0.6) is 5.75 Å².